The topological polar surface area (TPSA) is 54.9 Å². The summed E-state index contributed by atoms with van der Waals surface area (Å²) >= 11 is 5.94. The predicted molar refractivity (Wildman–Crippen MR) is 74.6 cm³/mol. The molecular weight excluding hydrogens is 252 g/mol. The number of H-pyrrole nitrogens is 1. The minimum absolute atomic E-state index is 0.176. The van der Waals surface area contributed by atoms with Crippen molar-refractivity contribution in [2.24, 2.45) is 0 Å². The number of aromatic amines is 1. The van der Waals surface area contributed by atoms with Gasteiger partial charge in [-0.1, -0.05) is 38.3 Å². The fourth-order valence-corrected chi connectivity index (χ4v) is 2.54. The summed E-state index contributed by atoms with van der Waals surface area (Å²) in [6, 6.07) is 0. The third-order valence-electron chi connectivity index (χ3n) is 3.11. The molecule has 0 aliphatic rings. The molecule has 0 fully saturated rings. The standard InChI is InChI=1S/C13H21ClN2O2/c1-5-7-9-10(14)15-12(18)16(11(9)17)13(3,4)8-6-2/h5-8H2,1-4H3,(H,15,18). The minimum atomic E-state index is -0.494. The molecule has 18 heavy (non-hydrogen) atoms. The zero-order valence-corrected chi connectivity index (χ0v) is 12.2. The van der Waals surface area contributed by atoms with Gasteiger partial charge >= 0.3 is 5.69 Å². The molecule has 0 aliphatic carbocycles. The van der Waals surface area contributed by atoms with Crippen LogP contribution in [0, 0.1) is 0 Å². The van der Waals surface area contributed by atoms with Crippen molar-refractivity contribution in [3.8, 4) is 0 Å². The number of rotatable bonds is 5. The Balaban J connectivity index is 3.50. The van der Waals surface area contributed by atoms with E-state index in [1.165, 1.54) is 4.57 Å². The molecule has 0 aliphatic heterocycles. The van der Waals surface area contributed by atoms with Gasteiger partial charge in [0.05, 0.1) is 5.56 Å². The van der Waals surface area contributed by atoms with Gasteiger partial charge in [0.15, 0.2) is 0 Å². The van der Waals surface area contributed by atoms with Gasteiger partial charge in [0.2, 0.25) is 0 Å². The Bertz CT molecular complexity index is 529. The molecule has 0 amide bonds. The van der Waals surface area contributed by atoms with E-state index in [9.17, 15) is 9.59 Å². The average Bonchev–Trinajstić information content (AvgIpc) is 2.23. The molecule has 0 atom stereocenters. The van der Waals surface area contributed by atoms with Gasteiger partial charge in [0.25, 0.3) is 5.56 Å². The fourth-order valence-electron chi connectivity index (χ4n) is 2.29. The lowest BCUT2D eigenvalue weighted by atomic mass is 9.98. The first-order valence-corrected chi connectivity index (χ1v) is 6.77. The van der Waals surface area contributed by atoms with Gasteiger partial charge in [-0.2, -0.15) is 0 Å². The fraction of sp³-hybridized carbons (Fsp3) is 0.692. The molecule has 5 heteroatoms. The molecule has 0 radical (unpaired) electrons. The highest BCUT2D eigenvalue weighted by atomic mass is 35.5. The number of hydrogen-bond donors (Lipinski definition) is 1. The first-order valence-electron chi connectivity index (χ1n) is 6.39. The van der Waals surface area contributed by atoms with Crippen molar-refractivity contribution in [1.82, 2.24) is 9.55 Å². The minimum Gasteiger partial charge on any atom is -0.297 e. The molecule has 1 N–H and O–H groups in total. The van der Waals surface area contributed by atoms with E-state index in [2.05, 4.69) is 4.98 Å². The molecular formula is C13H21ClN2O2. The largest absolute Gasteiger partial charge is 0.329 e. The van der Waals surface area contributed by atoms with E-state index in [0.717, 1.165) is 19.3 Å². The SMILES string of the molecule is CCCc1c(Cl)[nH]c(=O)n(C(C)(C)CCC)c1=O. The highest BCUT2D eigenvalue weighted by molar-refractivity contribution is 6.30. The molecule has 1 aromatic heterocycles. The molecule has 102 valence electrons. The zero-order chi connectivity index (χ0) is 13.9. The summed E-state index contributed by atoms with van der Waals surface area (Å²) < 4.78 is 1.30. The molecule has 1 aromatic rings. The third kappa shape index (κ3) is 2.86. The Labute approximate surface area is 112 Å². The van der Waals surface area contributed by atoms with E-state index < -0.39 is 11.2 Å². The van der Waals surface area contributed by atoms with Crippen molar-refractivity contribution < 1.29 is 0 Å². The number of halogens is 1. The Kier molecular flexibility index (Phi) is 4.79. The van der Waals surface area contributed by atoms with Crippen molar-refractivity contribution in [3.63, 3.8) is 0 Å². The van der Waals surface area contributed by atoms with E-state index >= 15 is 0 Å². The Morgan fingerprint density at radius 2 is 1.83 bits per heavy atom. The zero-order valence-electron chi connectivity index (χ0n) is 11.5. The van der Waals surface area contributed by atoms with Gasteiger partial charge in [0, 0.05) is 5.54 Å². The first kappa shape index (κ1) is 15.0. The molecule has 0 aromatic carbocycles. The van der Waals surface area contributed by atoms with Crippen LogP contribution in [0.5, 0.6) is 0 Å². The number of nitrogens with one attached hydrogen (secondary N) is 1. The normalized spacial score (nSPS) is 11.8. The average molecular weight is 273 g/mol. The summed E-state index contributed by atoms with van der Waals surface area (Å²) in [7, 11) is 0. The highest BCUT2D eigenvalue weighted by Crippen LogP contribution is 2.19. The maximum absolute atomic E-state index is 12.4. The Hall–Kier alpha value is -1.03. The summed E-state index contributed by atoms with van der Waals surface area (Å²) in [4.78, 5) is 26.9. The van der Waals surface area contributed by atoms with E-state index in [1.807, 2.05) is 27.7 Å². The Morgan fingerprint density at radius 1 is 1.22 bits per heavy atom. The second-order valence-electron chi connectivity index (χ2n) is 5.18. The second kappa shape index (κ2) is 5.74. The molecule has 0 saturated carbocycles. The van der Waals surface area contributed by atoms with Crippen molar-refractivity contribution in [3.05, 3.63) is 31.6 Å². The number of nitrogens with zero attached hydrogens (tertiary/aromatic N) is 1. The van der Waals surface area contributed by atoms with Crippen LogP contribution in [-0.4, -0.2) is 9.55 Å². The van der Waals surface area contributed by atoms with Crippen molar-refractivity contribution >= 4 is 11.6 Å². The van der Waals surface area contributed by atoms with Crippen LogP contribution in [0.3, 0.4) is 0 Å². The number of aromatic nitrogens is 2. The molecule has 0 unspecified atom stereocenters. The van der Waals surface area contributed by atoms with E-state index in [1.54, 1.807) is 0 Å². The predicted octanol–water partition coefficient (Wildman–Crippen LogP) is 2.68. The smallest absolute Gasteiger partial charge is 0.297 e. The van der Waals surface area contributed by atoms with Crippen LogP contribution in [-0.2, 0) is 12.0 Å². The van der Waals surface area contributed by atoms with Crippen LogP contribution >= 0.6 is 11.6 Å². The van der Waals surface area contributed by atoms with Crippen LogP contribution in [0.4, 0.5) is 0 Å². The van der Waals surface area contributed by atoms with E-state index in [0.29, 0.717) is 12.0 Å². The van der Waals surface area contributed by atoms with Gasteiger partial charge in [-0.05, 0) is 26.7 Å². The highest BCUT2D eigenvalue weighted by Gasteiger charge is 2.25. The summed E-state index contributed by atoms with van der Waals surface area (Å²) in [5, 5.41) is 0.176. The van der Waals surface area contributed by atoms with E-state index in [4.69, 9.17) is 11.6 Å². The first-order chi connectivity index (χ1) is 8.35. The van der Waals surface area contributed by atoms with Crippen LogP contribution in [0.15, 0.2) is 9.59 Å². The van der Waals surface area contributed by atoms with Gasteiger partial charge in [-0.3, -0.25) is 14.3 Å². The molecule has 0 saturated heterocycles. The lowest BCUT2D eigenvalue weighted by Gasteiger charge is -2.26. The quantitative estimate of drug-likeness (QED) is 0.838. The second-order valence-corrected chi connectivity index (χ2v) is 5.55. The van der Waals surface area contributed by atoms with Crippen LogP contribution in [0.25, 0.3) is 0 Å². The van der Waals surface area contributed by atoms with Gasteiger partial charge in [-0.25, -0.2) is 4.79 Å². The summed E-state index contributed by atoms with van der Waals surface area (Å²) in [6.45, 7) is 7.81. The molecule has 4 nitrogen and oxygen atoms in total. The lowest BCUT2D eigenvalue weighted by Crippen LogP contribution is -2.47. The van der Waals surface area contributed by atoms with E-state index in [-0.39, 0.29) is 10.7 Å². The van der Waals surface area contributed by atoms with Crippen LogP contribution in [0.2, 0.25) is 5.15 Å². The number of hydrogen-bond acceptors (Lipinski definition) is 2. The molecule has 1 heterocycles. The van der Waals surface area contributed by atoms with Gasteiger partial charge in [0.1, 0.15) is 5.15 Å². The Morgan fingerprint density at radius 3 is 2.33 bits per heavy atom. The van der Waals surface area contributed by atoms with Crippen molar-refractivity contribution in [2.75, 3.05) is 0 Å². The maximum Gasteiger partial charge on any atom is 0.329 e. The van der Waals surface area contributed by atoms with Gasteiger partial charge < -0.3 is 0 Å². The van der Waals surface area contributed by atoms with Gasteiger partial charge in [-0.15, -0.1) is 0 Å². The maximum atomic E-state index is 12.4. The molecule has 0 bridgehead atoms. The summed E-state index contributed by atoms with van der Waals surface area (Å²) in [5.74, 6) is 0. The summed E-state index contributed by atoms with van der Waals surface area (Å²) in [5.41, 5.74) is -0.678. The summed E-state index contributed by atoms with van der Waals surface area (Å²) in [6.07, 6.45) is 3.07. The monoisotopic (exact) mass is 272 g/mol. The van der Waals surface area contributed by atoms with Crippen LogP contribution < -0.4 is 11.2 Å². The third-order valence-corrected chi connectivity index (χ3v) is 3.44. The lowest BCUT2D eigenvalue weighted by molar-refractivity contribution is 0.300. The molecule has 0 spiro atoms. The van der Waals surface area contributed by atoms with Crippen molar-refractivity contribution in [2.45, 2.75) is 58.9 Å². The van der Waals surface area contributed by atoms with Crippen molar-refractivity contribution in [1.29, 1.82) is 0 Å². The molecule has 1 rings (SSSR count). The van der Waals surface area contributed by atoms with Crippen LogP contribution in [0.1, 0.15) is 52.5 Å².